The summed E-state index contributed by atoms with van der Waals surface area (Å²) in [5, 5.41) is 2.89. The maximum absolute atomic E-state index is 11.6. The summed E-state index contributed by atoms with van der Waals surface area (Å²) in [6.07, 6.45) is 7.92. The normalized spacial score (nSPS) is 10.7. The molecule has 1 heterocycles. The van der Waals surface area contributed by atoms with Crippen LogP contribution in [0, 0.1) is 0 Å². The van der Waals surface area contributed by atoms with Crippen LogP contribution < -0.4 is 5.32 Å². The van der Waals surface area contributed by atoms with Gasteiger partial charge in [0.25, 0.3) is 0 Å². The summed E-state index contributed by atoms with van der Waals surface area (Å²) in [4.78, 5) is 16.8. The van der Waals surface area contributed by atoms with Gasteiger partial charge in [0.05, 0.1) is 0 Å². The molecule has 1 amide bonds. The average molecular weight is 298 g/mol. The second-order valence-electron chi connectivity index (χ2n) is 4.42. The van der Waals surface area contributed by atoms with Gasteiger partial charge in [-0.15, -0.1) is 11.8 Å². The Labute approximate surface area is 129 Å². The third-order valence-electron chi connectivity index (χ3n) is 2.77. The molecule has 4 heteroatoms. The molecule has 3 nitrogen and oxygen atoms in total. The van der Waals surface area contributed by atoms with Crippen molar-refractivity contribution in [2.24, 2.45) is 0 Å². The van der Waals surface area contributed by atoms with Crippen molar-refractivity contribution in [3.63, 3.8) is 0 Å². The van der Waals surface area contributed by atoms with E-state index in [0.717, 1.165) is 17.7 Å². The van der Waals surface area contributed by atoms with Gasteiger partial charge in [-0.25, -0.2) is 0 Å². The van der Waals surface area contributed by atoms with Crippen LogP contribution in [0.2, 0.25) is 0 Å². The number of hydrogen-bond donors (Lipinski definition) is 1. The zero-order valence-corrected chi connectivity index (χ0v) is 12.6. The van der Waals surface area contributed by atoms with E-state index in [9.17, 15) is 4.79 Å². The van der Waals surface area contributed by atoms with Crippen LogP contribution >= 0.6 is 11.8 Å². The zero-order valence-electron chi connectivity index (χ0n) is 11.7. The van der Waals surface area contributed by atoms with Crippen molar-refractivity contribution in [2.45, 2.75) is 11.3 Å². The van der Waals surface area contributed by atoms with Crippen LogP contribution in [0.15, 0.2) is 65.8 Å². The Bertz CT molecular complexity index is 570. The maximum Gasteiger partial charge on any atom is 0.243 e. The highest BCUT2D eigenvalue weighted by molar-refractivity contribution is 7.99. The van der Waals surface area contributed by atoms with E-state index in [0.29, 0.717) is 6.54 Å². The lowest BCUT2D eigenvalue weighted by Crippen LogP contribution is -2.22. The number of thioether (sulfide) groups is 1. The molecule has 108 valence electrons. The average Bonchev–Trinajstić information content (AvgIpc) is 2.54. The number of hydrogen-bond acceptors (Lipinski definition) is 3. The van der Waals surface area contributed by atoms with Gasteiger partial charge in [-0.2, -0.15) is 0 Å². The Hall–Kier alpha value is -2.07. The van der Waals surface area contributed by atoms with Crippen molar-refractivity contribution >= 4 is 23.7 Å². The molecular weight excluding hydrogens is 280 g/mol. The fraction of sp³-hybridized carbons (Fsp3) is 0.176. The third kappa shape index (κ3) is 6.27. The predicted molar refractivity (Wildman–Crippen MR) is 88.1 cm³/mol. The lowest BCUT2D eigenvalue weighted by atomic mass is 10.2. The van der Waals surface area contributed by atoms with E-state index in [1.54, 1.807) is 30.2 Å². The summed E-state index contributed by atoms with van der Waals surface area (Å²) in [6, 6.07) is 13.8. The largest absolute Gasteiger partial charge is 0.353 e. The van der Waals surface area contributed by atoms with E-state index in [2.05, 4.69) is 10.3 Å². The zero-order chi connectivity index (χ0) is 14.8. The van der Waals surface area contributed by atoms with Crippen molar-refractivity contribution in [2.75, 3.05) is 12.3 Å². The Morgan fingerprint density at radius 1 is 1.14 bits per heavy atom. The summed E-state index contributed by atoms with van der Waals surface area (Å²) in [6.45, 7) is 0.691. The summed E-state index contributed by atoms with van der Waals surface area (Å²) < 4.78 is 0. The highest BCUT2D eigenvalue weighted by Crippen LogP contribution is 2.16. The monoisotopic (exact) mass is 298 g/mol. The van der Waals surface area contributed by atoms with Crippen molar-refractivity contribution in [1.29, 1.82) is 0 Å². The Morgan fingerprint density at radius 2 is 1.90 bits per heavy atom. The van der Waals surface area contributed by atoms with Crippen LogP contribution in [0.4, 0.5) is 0 Å². The van der Waals surface area contributed by atoms with Gasteiger partial charge in [0.2, 0.25) is 5.91 Å². The lowest BCUT2D eigenvalue weighted by molar-refractivity contribution is -0.116. The van der Waals surface area contributed by atoms with E-state index in [4.69, 9.17) is 0 Å². The highest BCUT2D eigenvalue weighted by atomic mass is 32.2. The Balaban J connectivity index is 1.60. The van der Waals surface area contributed by atoms with Crippen molar-refractivity contribution in [1.82, 2.24) is 10.3 Å². The molecule has 0 atom stereocenters. The first-order valence-electron chi connectivity index (χ1n) is 6.88. The number of nitrogens with zero attached hydrogens (tertiary/aromatic N) is 1. The molecule has 1 aromatic heterocycles. The van der Waals surface area contributed by atoms with E-state index >= 15 is 0 Å². The second kappa shape index (κ2) is 8.97. The van der Waals surface area contributed by atoms with Crippen LogP contribution in [0.5, 0.6) is 0 Å². The molecule has 0 radical (unpaired) electrons. The predicted octanol–water partition coefficient (Wildman–Crippen LogP) is 3.39. The summed E-state index contributed by atoms with van der Waals surface area (Å²) >= 11 is 1.77. The van der Waals surface area contributed by atoms with Crippen LogP contribution in [0.1, 0.15) is 12.0 Å². The van der Waals surface area contributed by atoms with Crippen molar-refractivity contribution in [3.05, 3.63) is 66.5 Å². The van der Waals surface area contributed by atoms with E-state index in [-0.39, 0.29) is 5.91 Å². The SMILES string of the molecule is O=C(/C=C/c1ccccc1)NCCCSc1ccncc1. The number of nitrogens with one attached hydrogen (secondary N) is 1. The van der Waals surface area contributed by atoms with Gasteiger partial charge in [0.15, 0.2) is 0 Å². The first-order chi connectivity index (χ1) is 10.3. The molecule has 0 aliphatic rings. The quantitative estimate of drug-likeness (QED) is 0.484. The van der Waals surface area contributed by atoms with Crippen molar-refractivity contribution < 1.29 is 4.79 Å². The number of amides is 1. The smallest absolute Gasteiger partial charge is 0.243 e. The second-order valence-corrected chi connectivity index (χ2v) is 5.59. The van der Waals surface area contributed by atoms with Gasteiger partial charge in [0, 0.05) is 29.9 Å². The maximum atomic E-state index is 11.6. The fourth-order valence-corrected chi connectivity index (χ4v) is 2.54. The summed E-state index contributed by atoms with van der Waals surface area (Å²) in [5.74, 6) is 0.930. The van der Waals surface area contributed by atoms with Crippen molar-refractivity contribution in [3.8, 4) is 0 Å². The molecule has 0 spiro atoms. The van der Waals surface area contributed by atoms with Gasteiger partial charge in [0.1, 0.15) is 0 Å². The molecule has 0 saturated heterocycles. The molecule has 0 fully saturated rings. The van der Waals surface area contributed by atoms with Crippen LogP contribution in [0.3, 0.4) is 0 Å². The Morgan fingerprint density at radius 3 is 2.67 bits per heavy atom. The third-order valence-corrected chi connectivity index (χ3v) is 3.86. The molecule has 21 heavy (non-hydrogen) atoms. The van der Waals surface area contributed by atoms with E-state index < -0.39 is 0 Å². The fourth-order valence-electron chi connectivity index (χ4n) is 1.70. The minimum Gasteiger partial charge on any atom is -0.353 e. The van der Waals surface area contributed by atoms with Gasteiger partial charge in [-0.3, -0.25) is 9.78 Å². The lowest BCUT2D eigenvalue weighted by Gasteiger charge is -2.02. The molecular formula is C17H18N2OS. The standard InChI is InChI=1S/C17H18N2OS/c20-17(8-7-15-5-2-1-3-6-15)19-11-4-14-21-16-9-12-18-13-10-16/h1-3,5-10,12-13H,4,11,14H2,(H,19,20)/b8-7+. The molecule has 2 aromatic rings. The van der Waals surface area contributed by atoms with Crippen LogP contribution in [-0.4, -0.2) is 23.2 Å². The minimum atomic E-state index is -0.0484. The molecule has 2 rings (SSSR count). The molecule has 0 aliphatic carbocycles. The number of carbonyl (C=O) groups is 1. The number of benzene rings is 1. The van der Waals surface area contributed by atoms with Gasteiger partial charge >= 0.3 is 0 Å². The molecule has 0 bridgehead atoms. The molecule has 0 aliphatic heterocycles. The molecule has 0 unspecified atom stereocenters. The summed E-state index contributed by atoms with van der Waals surface area (Å²) in [5.41, 5.74) is 1.03. The first kappa shape index (κ1) is 15.3. The van der Waals surface area contributed by atoms with Crippen LogP contribution in [-0.2, 0) is 4.79 Å². The molecule has 1 aromatic carbocycles. The Kier molecular flexibility index (Phi) is 6.55. The van der Waals surface area contributed by atoms with Gasteiger partial charge in [-0.05, 0) is 35.9 Å². The molecule has 1 N–H and O–H groups in total. The van der Waals surface area contributed by atoms with E-state index in [1.807, 2.05) is 48.5 Å². The number of pyridine rings is 1. The van der Waals surface area contributed by atoms with Crippen LogP contribution in [0.25, 0.3) is 6.08 Å². The van der Waals surface area contributed by atoms with Gasteiger partial charge in [-0.1, -0.05) is 30.3 Å². The number of rotatable bonds is 7. The van der Waals surface area contributed by atoms with E-state index in [1.165, 1.54) is 4.90 Å². The minimum absolute atomic E-state index is 0.0484. The molecule has 0 saturated carbocycles. The topological polar surface area (TPSA) is 42.0 Å². The summed E-state index contributed by atoms with van der Waals surface area (Å²) in [7, 11) is 0. The number of carbonyl (C=O) groups excluding carboxylic acids is 1. The highest BCUT2D eigenvalue weighted by Gasteiger charge is 1.96. The number of aromatic nitrogens is 1. The van der Waals surface area contributed by atoms with Gasteiger partial charge < -0.3 is 5.32 Å². The first-order valence-corrected chi connectivity index (χ1v) is 7.87.